The monoisotopic (exact) mass is 348 g/mol. The molecule has 1 amide bonds. The molecule has 0 aliphatic heterocycles. The van der Waals surface area contributed by atoms with Crippen molar-refractivity contribution < 1.29 is 4.79 Å². The Morgan fingerprint density at radius 1 is 1.04 bits per heavy atom. The lowest BCUT2D eigenvalue weighted by molar-refractivity contribution is -0.121. The van der Waals surface area contributed by atoms with Crippen LogP contribution in [-0.2, 0) is 17.8 Å². The zero-order chi connectivity index (χ0) is 18.4. The summed E-state index contributed by atoms with van der Waals surface area (Å²) in [6.07, 6.45) is 4.55. The van der Waals surface area contributed by atoms with Crippen LogP contribution in [0.15, 0.2) is 60.8 Å². The van der Waals surface area contributed by atoms with Gasteiger partial charge in [-0.3, -0.25) is 4.79 Å². The van der Waals surface area contributed by atoms with Crippen molar-refractivity contribution in [3.8, 4) is 0 Å². The maximum Gasteiger partial charge on any atom is 0.220 e. The Morgan fingerprint density at radius 3 is 2.54 bits per heavy atom. The Hall–Kier alpha value is -2.55. The van der Waals surface area contributed by atoms with Crippen molar-refractivity contribution in [1.29, 1.82) is 0 Å². The van der Waals surface area contributed by atoms with Gasteiger partial charge in [-0.15, -0.1) is 0 Å². The van der Waals surface area contributed by atoms with Crippen LogP contribution in [0.4, 0.5) is 0 Å². The fourth-order valence-electron chi connectivity index (χ4n) is 3.27. The molecule has 1 aromatic heterocycles. The summed E-state index contributed by atoms with van der Waals surface area (Å²) in [5.41, 5.74) is 3.76. The van der Waals surface area contributed by atoms with E-state index in [1.165, 1.54) is 22.0 Å². The molecule has 136 valence electrons. The van der Waals surface area contributed by atoms with E-state index >= 15 is 0 Å². The lowest BCUT2D eigenvalue weighted by Gasteiger charge is -2.07. The highest BCUT2D eigenvalue weighted by molar-refractivity contribution is 5.85. The molecule has 0 saturated carbocycles. The highest BCUT2D eigenvalue weighted by Gasteiger charge is 2.10. The fourth-order valence-corrected chi connectivity index (χ4v) is 3.27. The van der Waals surface area contributed by atoms with Crippen molar-refractivity contribution >= 4 is 16.8 Å². The third-order valence-electron chi connectivity index (χ3n) is 4.73. The summed E-state index contributed by atoms with van der Waals surface area (Å²) in [5, 5.41) is 4.28. The van der Waals surface area contributed by atoms with Crippen LogP contribution >= 0.6 is 0 Å². The molecule has 0 aliphatic carbocycles. The van der Waals surface area contributed by atoms with Crippen molar-refractivity contribution in [3.05, 3.63) is 71.9 Å². The molecular weight excluding hydrogens is 320 g/mol. The van der Waals surface area contributed by atoms with Crippen LogP contribution in [0.1, 0.15) is 37.8 Å². The van der Waals surface area contributed by atoms with Crippen molar-refractivity contribution in [1.82, 2.24) is 9.88 Å². The number of carbonyl (C=O) groups excluding carboxylic acids is 1. The predicted molar refractivity (Wildman–Crippen MR) is 108 cm³/mol. The van der Waals surface area contributed by atoms with E-state index < -0.39 is 0 Å². The molecule has 0 radical (unpaired) electrons. The van der Waals surface area contributed by atoms with Gasteiger partial charge in [0.1, 0.15) is 0 Å². The van der Waals surface area contributed by atoms with Crippen LogP contribution < -0.4 is 5.32 Å². The number of fused-ring (bicyclic) bond motifs is 1. The Morgan fingerprint density at radius 2 is 1.77 bits per heavy atom. The zero-order valence-corrected chi connectivity index (χ0v) is 15.7. The van der Waals surface area contributed by atoms with Crippen LogP contribution in [0.25, 0.3) is 10.9 Å². The fraction of sp³-hybridized carbons (Fsp3) is 0.348. The number of rotatable bonds is 8. The third kappa shape index (κ3) is 4.75. The van der Waals surface area contributed by atoms with E-state index in [0.717, 1.165) is 25.9 Å². The minimum absolute atomic E-state index is 0.144. The number of amides is 1. The molecule has 0 bridgehead atoms. The van der Waals surface area contributed by atoms with E-state index in [0.29, 0.717) is 12.3 Å². The summed E-state index contributed by atoms with van der Waals surface area (Å²) in [6.45, 7) is 5.97. The molecule has 3 rings (SSSR count). The van der Waals surface area contributed by atoms with Crippen molar-refractivity contribution in [3.63, 3.8) is 0 Å². The average Bonchev–Trinajstić information content (AvgIpc) is 2.98. The SMILES string of the molecule is CC(C)CCNC(=O)CCc1cn(Cc2ccccc2)c2ccccc12. The van der Waals surface area contributed by atoms with Crippen molar-refractivity contribution in [2.24, 2.45) is 5.92 Å². The van der Waals surface area contributed by atoms with Gasteiger partial charge in [-0.05, 0) is 36.0 Å². The minimum atomic E-state index is 0.144. The second kappa shape index (κ2) is 8.70. The summed E-state index contributed by atoms with van der Waals surface area (Å²) in [4.78, 5) is 12.1. The Labute approximate surface area is 156 Å². The van der Waals surface area contributed by atoms with Crippen LogP contribution in [0.5, 0.6) is 0 Å². The van der Waals surface area contributed by atoms with Gasteiger partial charge in [-0.1, -0.05) is 62.4 Å². The van der Waals surface area contributed by atoms with E-state index in [9.17, 15) is 4.79 Å². The first-order valence-corrected chi connectivity index (χ1v) is 9.51. The van der Waals surface area contributed by atoms with E-state index in [2.05, 4.69) is 78.5 Å². The molecule has 0 atom stereocenters. The molecule has 3 aromatic rings. The highest BCUT2D eigenvalue weighted by atomic mass is 16.1. The molecule has 0 saturated heterocycles. The lowest BCUT2D eigenvalue weighted by atomic mass is 10.1. The largest absolute Gasteiger partial charge is 0.356 e. The van der Waals surface area contributed by atoms with Crippen molar-refractivity contribution in [2.75, 3.05) is 6.54 Å². The number of carbonyl (C=O) groups is 1. The minimum Gasteiger partial charge on any atom is -0.356 e. The standard InChI is InChI=1S/C23H28N2O/c1-18(2)14-15-24-23(26)13-12-20-17-25(16-19-8-4-3-5-9-19)22-11-7-6-10-21(20)22/h3-11,17-18H,12-16H2,1-2H3,(H,24,26). The molecule has 3 heteroatoms. The summed E-state index contributed by atoms with van der Waals surface area (Å²) in [6, 6.07) is 18.9. The summed E-state index contributed by atoms with van der Waals surface area (Å²) in [7, 11) is 0. The van der Waals surface area contributed by atoms with Gasteiger partial charge < -0.3 is 9.88 Å². The van der Waals surface area contributed by atoms with Gasteiger partial charge in [-0.25, -0.2) is 0 Å². The van der Waals surface area contributed by atoms with Crippen molar-refractivity contribution in [2.45, 2.75) is 39.7 Å². The number of nitrogens with one attached hydrogen (secondary N) is 1. The third-order valence-corrected chi connectivity index (χ3v) is 4.73. The molecule has 1 heterocycles. The summed E-state index contributed by atoms with van der Waals surface area (Å²) < 4.78 is 2.29. The number of hydrogen-bond acceptors (Lipinski definition) is 1. The van der Waals surface area contributed by atoms with Crippen LogP contribution in [0.2, 0.25) is 0 Å². The highest BCUT2D eigenvalue weighted by Crippen LogP contribution is 2.23. The quantitative estimate of drug-likeness (QED) is 0.624. The van der Waals surface area contributed by atoms with E-state index in [4.69, 9.17) is 0 Å². The molecule has 3 nitrogen and oxygen atoms in total. The molecule has 0 unspecified atom stereocenters. The first-order valence-electron chi connectivity index (χ1n) is 9.51. The normalized spacial score (nSPS) is 11.2. The molecule has 0 aliphatic rings. The Bertz CT molecular complexity index is 849. The zero-order valence-electron chi connectivity index (χ0n) is 15.7. The van der Waals surface area contributed by atoms with Gasteiger partial charge >= 0.3 is 0 Å². The molecule has 0 spiro atoms. The van der Waals surface area contributed by atoms with Crippen LogP contribution in [0, 0.1) is 5.92 Å². The molecule has 0 fully saturated rings. The Kier molecular flexibility index (Phi) is 6.11. The smallest absolute Gasteiger partial charge is 0.220 e. The topological polar surface area (TPSA) is 34.0 Å². The van der Waals surface area contributed by atoms with Gasteiger partial charge in [0.2, 0.25) is 5.91 Å². The van der Waals surface area contributed by atoms with E-state index in [1.807, 2.05) is 6.07 Å². The van der Waals surface area contributed by atoms with Gasteiger partial charge in [0.15, 0.2) is 0 Å². The maximum atomic E-state index is 12.1. The first kappa shape index (κ1) is 18.2. The van der Waals surface area contributed by atoms with Gasteiger partial charge in [0.05, 0.1) is 0 Å². The van der Waals surface area contributed by atoms with E-state index in [1.54, 1.807) is 0 Å². The first-order chi connectivity index (χ1) is 12.6. The maximum absolute atomic E-state index is 12.1. The predicted octanol–water partition coefficient (Wildman–Crippen LogP) is 4.78. The van der Waals surface area contributed by atoms with Crippen LogP contribution in [0.3, 0.4) is 0 Å². The number of para-hydroxylation sites is 1. The second-order valence-corrected chi connectivity index (χ2v) is 7.32. The summed E-state index contributed by atoms with van der Waals surface area (Å²) in [5.74, 6) is 0.761. The number of aryl methyl sites for hydroxylation is 1. The summed E-state index contributed by atoms with van der Waals surface area (Å²) >= 11 is 0. The molecular formula is C23H28N2O. The number of hydrogen-bond donors (Lipinski definition) is 1. The van der Waals surface area contributed by atoms with Gasteiger partial charge in [-0.2, -0.15) is 0 Å². The van der Waals surface area contributed by atoms with Gasteiger partial charge in [0, 0.05) is 36.6 Å². The molecule has 26 heavy (non-hydrogen) atoms. The molecule has 1 N–H and O–H groups in total. The number of benzene rings is 2. The number of nitrogens with zero attached hydrogens (tertiary/aromatic N) is 1. The lowest BCUT2D eigenvalue weighted by Crippen LogP contribution is -2.25. The second-order valence-electron chi connectivity index (χ2n) is 7.32. The van der Waals surface area contributed by atoms with Gasteiger partial charge in [0.25, 0.3) is 0 Å². The van der Waals surface area contributed by atoms with E-state index in [-0.39, 0.29) is 5.91 Å². The molecule has 2 aromatic carbocycles. The van der Waals surface area contributed by atoms with Crippen LogP contribution in [-0.4, -0.2) is 17.0 Å². The number of aromatic nitrogens is 1. The average molecular weight is 348 g/mol. The Balaban J connectivity index is 1.70.